The SMILES string of the molecule is CC(C)(C(N)=NO)N1CCN(Cc2ccc(Br)s2)CC1. The van der Waals surface area contributed by atoms with Crippen LogP contribution in [0.1, 0.15) is 18.7 Å². The van der Waals surface area contributed by atoms with Gasteiger partial charge >= 0.3 is 0 Å². The topological polar surface area (TPSA) is 65.1 Å². The van der Waals surface area contributed by atoms with E-state index < -0.39 is 5.54 Å². The fourth-order valence-corrected chi connectivity index (χ4v) is 3.93. The van der Waals surface area contributed by atoms with E-state index in [9.17, 15) is 0 Å². The van der Waals surface area contributed by atoms with E-state index in [1.807, 2.05) is 13.8 Å². The highest BCUT2D eigenvalue weighted by Crippen LogP contribution is 2.24. The van der Waals surface area contributed by atoms with Crippen LogP contribution in [0.25, 0.3) is 0 Å². The van der Waals surface area contributed by atoms with Crippen LogP contribution in [-0.2, 0) is 6.54 Å². The number of halogens is 1. The van der Waals surface area contributed by atoms with Crippen LogP contribution in [0.3, 0.4) is 0 Å². The summed E-state index contributed by atoms with van der Waals surface area (Å²) in [5.41, 5.74) is 5.39. The van der Waals surface area contributed by atoms with Gasteiger partial charge in [0.25, 0.3) is 0 Å². The zero-order valence-electron chi connectivity index (χ0n) is 11.8. The predicted molar refractivity (Wildman–Crippen MR) is 86.4 cm³/mol. The van der Waals surface area contributed by atoms with Gasteiger partial charge < -0.3 is 10.9 Å². The molecule has 1 aliphatic rings. The van der Waals surface area contributed by atoms with E-state index in [4.69, 9.17) is 10.9 Å². The first kappa shape index (κ1) is 15.8. The van der Waals surface area contributed by atoms with E-state index in [1.165, 1.54) is 8.66 Å². The van der Waals surface area contributed by atoms with Crippen LogP contribution in [0.5, 0.6) is 0 Å². The lowest BCUT2D eigenvalue weighted by Gasteiger charge is -2.43. The maximum atomic E-state index is 8.87. The third-order valence-corrected chi connectivity index (χ3v) is 5.51. The summed E-state index contributed by atoms with van der Waals surface area (Å²) in [4.78, 5) is 6.08. The van der Waals surface area contributed by atoms with Crippen LogP contribution < -0.4 is 5.73 Å². The highest BCUT2D eigenvalue weighted by molar-refractivity contribution is 9.11. The summed E-state index contributed by atoms with van der Waals surface area (Å²) in [5.74, 6) is 0.271. The summed E-state index contributed by atoms with van der Waals surface area (Å²) in [6, 6.07) is 4.26. The number of thiophene rings is 1. The highest BCUT2D eigenvalue weighted by Gasteiger charge is 2.33. The molecule has 3 N–H and O–H groups in total. The molecule has 1 aliphatic heterocycles. The molecule has 0 aromatic carbocycles. The molecule has 1 aromatic heterocycles. The van der Waals surface area contributed by atoms with Crippen LogP contribution in [-0.4, -0.2) is 52.6 Å². The Labute approximate surface area is 132 Å². The number of nitrogens with zero attached hydrogens (tertiary/aromatic N) is 3. The normalized spacial score (nSPS) is 19.4. The molecule has 0 saturated carbocycles. The average molecular weight is 361 g/mol. The maximum absolute atomic E-state index is 8.87. The molecule has 20 heavy (non-hydrogen) atoms. The van der Waals surface area contributed by atoms with E-state index in [-0.39, 0.29) is 5.84 Å². The summed E-state index contributed by atoms with van der Waals surface area (Å²) in [6.07, 6.45) is 0. The van der Waals surface area contributed by atoms with Crippen molar-refractivity contribution in [3.8, 4) is 0 Å². The molecule has 2 rings (SSSR count). The fraction of sp³-hybridized carbons (Fsp3) is 0.615. The van der Waals surface area contributed by atoms with Crippen molar-refractivity contribution < 1.29 is 5.21 Å². The maximum Gasteiger partial charge on any atom is 0.159 e. The van der Waals surface area contributed by atoms with Gasteiger partial charge in [0.15, 0.2) is 5.84 Å². The summed E-state index contributed by atoms with van der Waals surface area (Å²) in [7, 11) is 0. The Bertz CT molecular complexity index is 480. The van der Waals surface area contributed by atoms with E-state index >= 15 is 0 Å². The van der Waals surface area contributed by atoms with E-state index in [1.54, 1.807) is 11.3 Å². The second-order valence-electron chi connectivity index (χ2n) is 5.51. The lowest BCUT2D eigenvalue weighted by Crippen LogP contribution is -2.59. The van der Waals surface area contributed by atoms with Crippen LogP contribution in [0.2, 0.25) is 0 Å². The van der Waals surface area contributed by atoms with E-state index in [0.717, 1.165) is 32.7 Å². The zero-order valence-corrected chi connectivity index (χ0v) is 14.2. The monoisotopic (exact) mass is 360 g/mol. The van der Waals surface area contributed by atoms with Crippen molar-refractivity contribution >= 4 is 33.1 Å². The summed E-state index contributed by atoms with van der Waals surface area (Å²) < 4.78 is 1.18. The Morgan fingerprint density at radius 2 is 2.05 bits per heavy atom. The molecule has 2 heterocycles. The minimum absolute atomic E-state index is 0.271. The first-order valence-corrected chi connectivity index (χ1v) is 8.24. The first-order valence-electron chi connectivity index (χ1n) is 6.63. The number of hydrogen-bond donors (Lipinski definition) is 2. The zero-order chi connectivity index (χ0) is 14.8. The molecule has 0 aliphatic carbocycles. The minimum atomic E-state index is -0.396. The molecule has 0 amide bonds. The lowest BCUT2D eigenvalue weighted by atomic mass is 10.0. The van der Waals surface area contributed by atoms with Gasteiger partial charge in [0.1, 0.15) is 0 Å². The number of piperazine rings is 1. The van der Waals surface area contributed by atoms with Gasteiger partial charge in [-0.2, -0.15) is 0 Å². The van der Waals surface area contributed by atoms with Crippen LogP contribution >= 0.6 is 27.3 Å². The van der Waals surface area contributed by atoms with Gasteiger partial charge in [0.2, 0.25) is 0 Å². The predicted octanol–water partition coefficient (Wildman–Crippen LogP) is 2.15. The van der Waals surface area contributed by atoms with Crippen molar-refractivity contribution in [2.45, 2.75) is 25.9 Å². The van der Waals surface area contributed by atoms with Crippen molar-refractivity contribution in [3.05, 3.63) is 20.8 Å². The van der Waals surface area contributed by atoms with Crippen LogP contribution in [0.4, 0.5) is 0 Å². The van der Waals surface area contributed by atoms with Crippen LogP contribution in [0, 0.1) is 0 Å². The van der Waals surface area contributed by atoms with Crippen molar-refractivity contribution in [1.29, 1.82) is 0 Å². The minimum Gasteiger partial charge on any atom is -0.409 e. The average Bonchev–Trinajstić information content (AvgIpc) is 2.83. The van der Waals surface area contributed by atoms with Crippen LogP contribution in [0.15, 0.2) is 21.1 Å². The number of amidine groups is 1. The number of hydrogen-bond acceptors (Lipinski definition) is 5. The van der Waals surface area contributed by atoms with Gasteiger partial charge in [0.05, 0.1) is 9.33 Å². The molecule has 0 bridgehead atoms. The molecular formula is C13H21BrN4OS. The number of oxime groups is 1. The second-order valence-corrected chi connectivity index (χ2v) is 8.06. The van der Waals surface area contributed by atoms with Gasteiger partial charge in [-0.1, -0.05) is 5.16 Å². The van der Waals surface area contributed by atoms with Crippen molar-refractivity contribution in [3.63, 3.8) is 0 Å². The number of nitrogens with two attached hydrogens (primary N) is 1. The third kappa shape index (κ3) is 3.52. The molecule has 5 nitrogen and oxygen atoms in total. The Morgan fingerprint density at radius 3 is 2.55 bits per heavy atom. The van der Waals surface area contributed by atoms with Gasteiger partial charge in [0, 0.05) is 37.6 Å². The largest absolute Gasteiger partial charge is 0.409 e. The molecular weight excluding hydrogens is 340 g/mol. The lowest BCUT2D eigenvalue weighted by molar-refractivity contribution is 0.0799. The molecule has 0 spiro atoms. The summed E-state index contributed by atoms with van der Waals surface area (Å²) >= 11 is 5.28. The Morgan fingerprint density at radius 1 is 1.40 bits per heavy atom. The fourth-order valence-electron chi connectivity index (χ4n) is 2.41. The summed E-state index contributed by atoms with van der Waals surface area (Å²) in [6.45, 7) is 8.83. The van der Waals surface area contributed by atoms with Gasteiger partial charge in [-0.05, 0) is 41.9 Å². The Hall–Kier alpha value is -0.630. The molecule has 7 heteroatoms. The molecule has 0 atom stereocenters. The highest BCUT2D eigenvalue weighted by atomic mass is 79.9. The molecule has 0 radical (unpaired) electrons. The van der Waals surface area contributed by atoms with Crippen molar-refractivity contribution in [2.24, 2.45) is 10.9 Å². The van der Waals surface area contributed by atoms with Gasteiger partial charge in [-0.3, -0.25) is 9.80 Å². The standard InChI is InChI=1S/C13H21BrN4OS/c1-13(2,12(15)16-19)18-7-5-17(6-8-18)9-10-3-4-11(14)20-10/h3-4,19H,5-9H2,1-2H3,(H2,15,16). The number of rotatable bonds is 4. The third-order valence-electron chi connectivity index (χ3n) is 3.91. The quantitative estimate of drug-likeness (QED) is 0.373. The van der Waals surface area contributed by atoms with Crippen molar-refractivity contribution in [2.75, 3.05) is 26.2 Å². The molecule has 112 valence electrons. The first-order chi connectivity index (χ1) is 9.43. The van der Waals surface area contributed by atoms with Gasteiger partial charge in [-0.15, -0.1) is 11.3 Å². The Kier molecular flexibility index (Phi) is 5.06. The van der Waals surface area contributed by atoms with E-state index in [0.29, 0.717) is 0 Å². The molecule has 0 unspecified atom stereocenters. The Balaban J connectivity index is 1.89. The summed E-state index contributed by atoms with van der Waals surface area (Å²) in [5, 5.41) is 12.0. The van der Waals surface area contributed by atoms with Crippen molar-refractivity contribution in [1.82, 2.24) is 9.80 Å². The molecule has 1 fully saturated rings. The molecule has 1 aromatic rings. The molecule has 1 saturated heterocycles. The van der Waals surface area contributed by atoms with E-state index in [2.05, 4.69) is 43.0 Å². The smallest absolute Gasteiger partial charge is 0.159 e. The second kappa shape index (κ2) is 6.43. The van der Waals surface area contributed by atoms with Gasteiger partial charge in [-0.25, -0.2) is 0 Å².